The van der Waals surface area contributed by atoms with E-state index < -0.39 is 0 Å². The maximum atomic E-state index is 13.4. The summed E-state index contributed by atoms with van der Waals surface area (Å²) in [5.41, 5.74) is 5.69. The second kappa shape index (κ2) is 7.23. The Kier molecular flexibility index (Phi) is 4.43. The number of carbonyl (C=O) groups is 1. The molecule has 0 fully saturated rings. The molecule has 6 rings (SSSR count). The van der Waals surface area contributed by atoms with Crippen LogP contribution < -0.4 is 15.1 Å². The summed E-state index contributed by atoms with van der Waals surface area (Å²) in [6.45, 7) is 2.85. The standard InChI is InChI=1S/C22H19Cl2N7O/c1-29-11-30(20-15(23)3-2-4-16(20)24)22(32)14-8-26-21-12(19(14)29)7-17(28-21)13-9-27-31-6-5-25-10-18(13)31/h2-4,7-9,25H,5-6,10-11H2,1H3,(H,26,28). The molecule has 0 saturated heterocycles. The Morgan fingerprint density at radius 1 is 1.09 bits per heavy atom. The van der Waals surface area contributed by atoms with Crippen molar-refractivity contribution in [1.82, 2.24) is 25.1 Å². The van der Waals surface area contributed by atoms with Crippen molar-refractivity contribution in [3.63, 3.8) is 0 Å². The van der Waals surface area contributed by atoms with Crippen molar-refractivity contribution in [3.8, 4) is 11.3 Å². The van der Waals surface area contributed by atoms with Crippen molar-refractivity contribution < 1.29 is 4.79 Å². The highest BCUT2D eigenvalue weighted by atomic mass is 35.5. The molecule has 0 bridgehead atoms. The highest BCUT2D eigenvalue weighted by Gasteiger charge is 2.33. The van der Waals surface area contributed by atoms with E-state index in [4.69, 9.17) is 23.2 Å². The van der Waals surface area contributed by atoms with Gasteiger partial charge in [-0.15, -0.1) is 0 Å². The molecule has 0 saturated carbocycles. The zero-order chi connectivity index (χ0) is 22.0. The van der Waals surface area contributed by atoms with Crippen molar-refractivity contribution in [3.05, 3.63) is 58.0 Å². The van der Waals surface area contributed by atoms with Gasteiger partial charge in [0.1, 0.15) is 5.65 Å². The van der Waals surface area contributed by atoms with Crippen LogP contribution in [0.1, 0.15) is 16.1 Å². The maximum absolute atomic E-state index is 13.4. The third-order valence-electron chi connectivity index (χ3n) is 6.08. The Balaban J connectivity index is 1.47. The second-order valence-corrected chi connectivity index (χ2v) is 8.83. The number of anilines is 2. The lowest BCUT2D eigenvalue weighted by Gasteiger charge is -2.36. The number of carbonyl (C=O) groups excluding carboxylic acids is 1. The first kappa shape index (κ1) is 19.6. The SMILES string of the molecule is CN1CN(c2c(Cl)cccc2Cl)C(=O)c2cnc3[nH]c(-c4cnn5c4CNCC5)cc3c21. The first-order valence-electron chi connectivity index (χ1n) is 10.3. The monoisotopic (exact) mass is 467 g/mol. The minimum absolute atomic E-state index is 0.183. The lowest BCUT2D eigenvalue weighted by Crippen LogP contribution is -2.45. The number of nitrogens with one attached hydrogen (secondary N) is 2. The van der Waals surface area contributed by atoms with Gasteiger partial charge in [-0.1, -0.05) is 29.3 Å². The van der Waals surface area contributed by atoms with E-state index in [-0.39, 0.29) is 5.91 Å². The van der Waals surface area contributed by atoms with E-state index in [1.54, 1.807) is 29.3 Å². The number of amides is 1. The number of aromatic amines is 1. The van der Waals surface area contributed by atoms with Crippen LogP contribution in [-0.4, -0.2) is 45.9 Å². The van der Waals surface area contributed by atoms with Gasteiger partial charge in [-0.05, 0) is 18.2 Å². The lowest BCUT2D eigenvalue weighted by atomic mass is 10.1. The molecule has 0 unspecified atom stereocenters. The number of rotatable bonds is 2. The number of para-hydroxylation sites is 1. The molecule has 0 spiro atoms. The Labute approximate surface area is 193 Å². The number of H-pyrrole nitrogens is 1. The van der Waals surface area contributed by atoms with Crippen molar-refractivity contribution in [2.75, 3.05) is 30.1 Å². The first-order valence-corrected chi connectivity index (χ1v) is 11.0. The summed E-state index contributed by atoms with van der Waals surface area (Å²) in [7, 11) is 1.95. The van der Waals surface area contributed by atoms with Gasteiger partial charge >= 0.3 is 0 Å². The minimum atomic E-state index is -0.183. The van der Waals surface area contributed by atoms with Crippen LogP contribution in [0.3, 0.4) is 0 Å². The molecule has 2 N–H and O–H groups in total. The highest BCUT2D eigenvalue weighted by Crippen LogP contribution is 2.41. The molecule has 2 aliphatic rings. The number of pyridine rings is 1. The van der Waals surface area contributed by atoms with Gasteiger partial charge in [0.05, 0.1) is 57.8 Å². The molecule has 1 amide bonds. The number of hydrogen-bond donors (Lipinski definition) is 2. The molecule has 0 radical (unpaired) electrons. The normalized spacial score (nSPS) is 15.9. The molecule has 5 heterocycles. The van der Waals surface area contributed by atoms with Crippen LogP contribution in [0.25, 0.3) is 22.3 Å². The Hall–Kier alpha value is -3.07. The molecule has 4 aromatic rings. The number of nitrogens with zero attached hydrogens (tertiary/aromatic N) is 5. The fourth-order valence-electron chi connectivity index (χ4n) is 4.59. The Morgan fingerprint density at radius 2 is 1.91 bits per heavy atom. The van der Waals surface area contributed by atoms with Gasteiger partial charge in [0.2, 0.25) is 0 Å². The third-order valence-corrected chi connectivity index (χ3v) is 6.69. The van der Waals surface area contributed by atoms with Crippen LogP contribution in [-0.2, 0) is 13.1 Å². The van der Waals surface area contributed by atoms with Gasteiger partial charge < -0.3 is 15.2 Å². The van der Waals surface area contributed by atoms with Gasteiger partial charge in [0.15, 0.2) is 0 Å². The van der Waals surface area contributed by atoms with Gasteiger partial charge in [-0.2, -0.15) is 5.10 Å². The zero-order valence-corrected chi connectivity index (χ0v) is 18.7. The summed E-state index contributed by atoms with van der Waals surface area (Å²) < 4.78 is 2.03. The van der Waals surface area contributed by atoms with Gasteiger partial charge in [0, 0.05) is 37.3 Å². The highest BCUT2D eigenvalue weighted by molar-refractivity contribution is 6.40. The van der Waals surface area contributed by atoms with Crippen LogP contribution in [0.2, 0.25) is 10.0 Å². The van der Waals surface area contributed by atoms with E-state index in [2.05, 4.69) is 26.4 Å². The number of fused-ring (bicyclic) bond motifs is 4. The van der Waals surface area contributed by atoms with Crippen LogP contribution in [0.15, 0.2) is 36.7 Å². The smallest absolute Gasteiger partial charge is 0.263 e. The topological polar surface area (TPSA) is 82.1 Å². The molecular formula is C22H19Cl2N7O. The van der Waals surface area contributed by atoms with E-state index in [9.17, 15) is 4.79 Å². The first-order chi connectivity index (χ1) is 15.5. The van der Waals surface area contributed by atoms with Gasteiger partial charge in [0.25, 0.3) is 5.91 Å². The Bertz CT molecular complexity index is 1370. The van der Waals surface area contributed by atoms with Crippen LogP contribution in [0.4, 0.5) is 11.4 Å². The van der Waals surface area contributed by atoms with Gasteiger partial charge in [-0.3, -0.25) is 14.4 Å². The molecule has 0 aliphatic carbocycles. The number of halogens is 2. The van der Waals surface area contributed by atoms with E-state index in [0.29, 0.717) is 28.0 Å². The molecular weight excluding hydrogens is 449 g/mol. The van der Waals surface area contributed by atoms with Crippen molar-refractivity contribution in [2.24, 2.45) is 0 Å². The molecule has 10 heteroatoms. The van der Waals surface area contributed by atoms with Crippen molar-refractivity contribution in [2.45, 2.75) is 13.1 Å². The van der Waals surface area contributed by atoms with E-state index in [1.165, 1.54) is 0 Å². The number of aromatic nitrogens is 4. The quantitative estimate of drug-likeness (QED) is 0.467. The van der Waals surface area contributed by atoms with E-state index in [0.717, 1.165) is 53.3 Å². The van der Waals surface area contributed by atoms with Crippen LogP contribution in [0.5, 0.6) is 0 Å². The predicted octanol–water partition coefficient (Wildman–Crippen LogP) is 3.89. The zero-order valence-electron chi connectivity index (χ0n) is 17.2. The largest absolute Gasteiger partial charge is 0.355 e. The predicted molar refractivity (Wildman–Crippen MR) is 126 cm³/mol. The summed E-state index contributed by atoms with van der Waals surface area (Å²) >= 11 is 12.8. The third kappa shape index (κ3) is 2.83. The summed E-state index contributed by atoms with van der Waals surface area (Å²) in [6.07, 6.45) is 3.50. The fraction of sp³-hybridized carbons (Fsp3) is 0.227. The van der Waals surface area contributed by atoms with Crippen LogP contribution in [0, 0.1) is 0 Å². The summed E-state index contributed by atoms with van der Waals surface area (Å²) in [5.74, 6) is -0.183. The Morgan fingerprint density at radius 3 is 2.72 bits per heavy atom. The second-order valence-electron chi connectivity index (χ2n) is 8.01. The van der Waals surface area contributed by atoms with Crippen molar-refractivity contribution in [1.29, 1.82) is 0 Å². The molecule has 32 heavy (non-hydrogen) atoms. The maximum Gasteiger partial charge on any atom is 0.263 e. The van der Waals surface area contributed by atoms with Crippen LogP contribution >= 0.6 is 23.2 Å². The molecule has 3 aromatic heterocycles. The van der Waals surface area contributed by atoms with Gasteiger partial charge in [-0.25, -0.2) is 4.98 Å². The molecule has 0 atom stereocenters. The summed E-state index contributed by atoms with van der Waals surface area (Å²) in [4.78, 5) is 25.0. The molecule has 8 nitrogen and oxygen atoms in total. The number of benzene rings is 1. The van der Waals surface area contributed by atoms with E-state index in [1.807, 2.05) is 22.8 Å². The molecule has 1 aromatic carbocycles. The minimum Gasteiger partial charge on any atom is -0.355 e. The fourth-order valence-corrected chi connectivity index (χ4v) is 5.19. The summed E-state index contributed by atoms with van der Waals surface area (Å²) in [6, 6.07) is 7.27. The average Bonchev–Trinajstić information content (AvgIpc) is 3.40. The summed E-state index contributed by atoms with van der Waals surface area (Å²) in [5, 5.41) is 9.66. The lowest BCUT2D eigenvalue weighted by molar-refractivity contribution is 0.0982. The average molecular weight is 468 g/mol. The van der Waals surface area contributed by atoms with Crippen molar-refractivity contribution >= 4 is 51.5 Å². The molecule has 162 valence electrons. The number of hydrogen-bond acceptors (Lipinski definition) is 5. The molecule has 2 aliphatic heterocycles. The van der Waals surface area contributed by atoms with E-state index >= 15 is 0 Å².